The summed E-state index contributed by atoms with van der Waals surface area (Å²) in [6, 6.07) is 10.2. The van der Waals surface area contributed by atoms with Crippen molar-refractivity contribution in [2.24, 2.45) is 0 Å². The van der Waals surface area contributed by atoms with E-state index in [0.29, 0.717) is 16.9 Å². The molecule has 22 heavy (non-hydrogen) atoms. The maximum atomic E-state index is 13.0. The van der Waals surface area contributed by atoms with E-state index in [-0.39, 0.29) is 18.1 Å². The number of carbonyl (C=O) groups is 1. The number of aryl methyl sites for hydroxylation is 1. The second kappa shape index (κ2) is 6.66. The largest absolute Gasteiger partial charge is 0.376 e. The number of nitro benzene ring substituents is 1. The highest BCUT2D eigenvalue weighted by atomic mass is 19.1. The van der Waals surface area contributed by atoms with Crippen molar-refractivity contribution in [2.75, 3.05) is 17.2 Å². The number of nitrogens with zero attached hydrogens (tertiary/aromatic N) is 1. The van der Waals surface area contributed by atoms with Gasteiger partial charge >= 0.3 is 0 Å². The molecule has 2 aromatic rings. The Balaban J connectivity index is 1.97. The van der Waals surface area contributed by atoms with Gasteiger partial charge in [0, 0.05) is 23.0 Å². The molecule has 0 saturated heterocycles. The van der Waals surface area contributed by atoms with Gasteiger partial charge in [-0.05, 0) is 31.2 Å². The van der Waals surface area contributed by atoms with Crippen LogP contribution in [0.5, 0.6) is 0 Å². The smallest absolute Gasteiger partial charge is 0.274 e. The molecule has 0 aliphatic rings. The molecule has 0 spiro atoms. The van der Waals surface area contributed by atoms with E-state index in [1.165, 1.54) is 24.3 Å². The summed E-state index contributed by atoms with van der Waals surface area (Å²) >= 11 is 0. The Labute approximate surface area is 126 Å². The molecule has 0 fully saturated rings. The third-order valence-corrected chi connectivity index (χ3v) is 2.97. The zero-order chi connectivity index (χ0) is 16.1. The van der Waals surface area contributed by atoms with E-state index in [9.17, 15) is 19.3 Å². The zero-order valence-corrected chi connectivity index (χ0v) is 11.8. The van der Waals surface area contributed by atoms with Crippen molar-refractivity contribution >= 4 is 23.0 Å². The average molecular weight is 303 g/mol. The summed E-state index contributed by atoms with van der Waals surface area (Å²) in [5, 5.41) is 16.2. The number of carbonyl (C=O) groups excluding carboxylic acids is 1. The fraction of sp³-hybridized carbons (Fsp3) is 0.133. The number of hydrogen-bond donors (Lipinski definition) is 2. The Morgan fingerprint density at radius 3 is 2.68 bits per heavy atom. The monoisotopic (exact) mass is 303 g/mol. The number of nitro groups is 1. The molecule has 0 aliphatic carbocycles. The molecular formula is C15H14FN3O3. The second-order valence-electron chi connectivity index (χ2n) is 4.67. The lowest BCUT2D eigenvalue weighted by molar-refractivity contribution is -0.385. The van der Waals surface area contributed by atoms with E-state index in [4.69, 9.17) is 0 Å². The molecule has 6 nitrogen and oxygen atoms in total. The van der Waals surface area contributed by atoms with Crippen molar-refractivity contribution in [3.05, 3.63) is 64.0 Å². The predicted octanol–water partition coefficient (Wildman–Crippen LogP) is 3.09. The molecule has 114 valence electrons. The van der Waals surface area contributed by atoms with Crippen molar-refractivity contribution in [3.63, 3.8) is 0 Å². The van der Waals surface area contributed by atoms with Gasteiger partial charge in [-0.25, -0.2) is 4.39 Å². The van der Waals surface area contributed by atoms with Gasteiger partial charge in [0.25, 0.3) is 5.69 Å². The van der Waals surface area contributed by atoms with Crippen LogP contribution in [0.4, 0.5) is 21.5 Å². The molecule has 0 aromatic heterocycles. The van der Waals surface area contributed by atoms with E-state index < -0.39 is 10.7 Å². The number of anilines is 2. The van der Waals surface area contributed by atoms with Gasteiger partial charge in [0.1, 0.15) is 5.82 Å². The minimum Gasteiger partial charge on any atom is -0.376 e. The van der Waals surface area contributed by atoms with Gasteiger partial charge in [-0.1, -0.05) is 12.1 Å². The molecule has 0 aliphatic heterocycles. The molecule has 0 atom stereocenters. The van der Waals surface area contributed by atoms with Crippen molar-refractivity contribution in [2.45, 2.75) is 6.92 Å². The van der Waals surface area contributed by atoms with Crippen LogP contribution in [-0.4, -0.2) is 17.4 Å². The topological polar surface area (TPSA) is 84.3 Å². The molecule has 0 radical (unpaired) electrons. The van der Waals surface area contributed by atoms with Gasteiger partial charge < -0.3 is 10.6 Å². The van der Waals surface area contributed by atoms with E-state index in [2.05, 4.69) is 10.6 Å². The minimum atomic E-state index is -0.504. The fourth-order valence-corrected chi connectivity index (χ4v) is 1.87. The van der Waals surface area contributed by atoms with Crippen molar-refractivity contribution < 1.29 is 14.1 Å². The van der Waals surface area contributed by atoms with E-state index >= 15 is 0 Å². The number of halogens is 1. The highest BCUT2D eigenvalue weighted by Gasteiger charge is 2.12. The van der Waals surface area contributed by atoms with Crippen LogP contribution in [0.15, 0.2) is 42.5 Å². The van der Waals surface area contributed by atoms with Crippen molar-refractivity contribution in [3.8, 4) is 0 Å². The first-order valence-electron chi connectivity index (χ1n) is 6.50. The first kappa shape index (κ1) is 15.4. The number of benzene rings is 2. The Hall–Kier alpha value is -2.96. The molecule has 0 bridgehead atoms. The highest BCUT2D eigenvalue weighted by molar-refractivity contribution is 5.94. The Morgan fingerprint density at radius 1 is 1.23 bits per heavy atom. The summed E-state index contributed by atoms with van der Waals surface area (Å²) in [7, 11) is 0. The van der Waals surface area contributed by atoms with Gasteiger partial charge in [0.2, 0.25) is 5.91 Å². The second-order valence-corrected chi connectivity index (χ2v) is 4.67. The molecule has 2 N–H and O–H groups in total. The Bertz CT molecular complexity index is 719. The molecule has 7 heteroatoms. The number of hydrogen-bond acceptors (Lipinski definition) is 4. The standard InChI is InChI=1S/C15H14FN3O3/c1-10-5-6-13(8-14(10)19(21)22)18-15(20)9-17-12-4-2-3-11(16)7-12/h2-8,17H,9H2,1H3,(H,18,20). The third kappa shape index (κ3) is 4.02. The van der Waals surface area contributed by atoms with Crippen LogP contribution >= 0.6 is 0 Å². The van der Waals surface area contributed by atoms with Crippen molar-refractivity contribution in [1.82, 2.24) is 0 Å². The van der Waals surface area contributed by atoms with E-state index in [1.807, 2.05) is 0 Å². The lowest BCUT2D eigenvalue weighted by Gasteiger charge is -2.08. The quantitative estimate of drug-likeness (QED) is 0.656. The van der Waals surface area contributed by atoms with Crippen LogP contribution in [0.3, 0.4) is 0 Å². The number of amides is 1. The SMILES string of the molecule is Cc1ccc(NC(=O)CNc2cccc(F)c2)cc1[N+](=O)[O-]. The number of rotatable bonds is 5. The third-order valence-electron chi connectivity index (χ3n) is 2.97. The Kier molecular flexibility index (Phi) is 4.67. The molecule has 2 rings (SSSR count). The lowest BCUT2D eigenvalue weighted by atomic mass is 10.2. The van der Waals surface area contributed by atoms with Crippen LogP contribution < -0.4 is 10.6 Å². The molecule has 0 heterocycles. The summed E-state index contributed by atoms with van der Waals surface area (Å²) in [6.07, 6.45) is 0. The summed E-state index contributed by atoms with van der Waals surface area (Å²) in [5.41, 5.74) is 1.27. The Morgan fingerprint density at radius 2 is 2.00 bits per heavy atom. The van der Waals surface area contributed by atoms with E-state index in [1.54, 1.807) is 25.1 Å². The first-order valence-corrected chi connectivity index (χ1v) is 6.50. The molecular weight excluding hydrogens is 289 g/mol. The maximum absolute atomic E-state index is 13.0. The summed E-state index contributed by atoms with van der Waals surface area (Å²) in [4.78, 5) is 22.1. The van der Waals surface area contributed by atoms with Gasteiger partial charge in [-0.3, -0.25) is 14.9 Å². The predicted molar refractivity (Wildman–Crippen MR) is 81.4 cm³/mol. The minimum absolute atomic E-state index is 0.0594. The summed E-state index contributed by atoms with van der Waals surface area (Å²) in [6.45, 7) is 1.54. The summed E-state index contributed by atoms with van der Waals surface area (Å²) < 4.78 is 13.0. The van der Waals surface area contributed by atoms with E-state index in [0.717, 1.165) is 0 Å². The van der Waals surface area contributed by atoms with Gasteiger partial charge in [0.15, 0.2) is 0 Å². The number of nitrogens with one attached hydrogen (secondary N) is 2. The highest BCUT2D eigenvalue weighted by Crippen LogP contribution is 2.22. The average Bonchev–Trinajstić information content (AvgIpc) is 2.47. The van der Waals surface area contributed by atoms with Gasteiger partial charge in [0.05, 0.1) is 11.5 Å². The van der Waals surface area contributed by atoms with Crippen LogP contribution in [-0.2, 0) is 4.79 Å². The fourth-order valence-electron chi connectivity index (χ4n) is 1.87. The summed E-state index contributed by atoms with van der Waals surface area (Å²) in [5.74, 6) is -0.790. The molecule has 0 saturated carbocycles. The van der Waals surface area contributed by atoms with Crippen LogP contribution in [0.1, 0.15) is 5.56 Å². The normalized spacial score (nSPS) is 10.1. The van der Waals surface area contributed by atoms with Crippen LogP contribution in [0, 0.1) is 22.9 Å². The van der Waals surface area contributed by atoms with Gasteiger partial charge in [-0.2, -0.15) is 0 Å². The lowest BCUT2D eigenvalue weighted by Crippen LogP contribution is -2.21. The first-order chi connectivity index (χ1) is 10.5. The van der Waals surface area contributed by atoms with Gasteiger partial charge in [-0.15, -0.1) is 0 Å². The van der Waals surface area contributed by atoms with Crippen LogP contribution in [0.25, 0.3) is 0 Å². The molecule has 0 unspecified atom stereocenters. The van der Waals surface area contributed by atoms with Crippen LogP contribution in [0.2, 0.25) is 0 Å². The maximum Gasteiger partial charge on any atom is 0.274 e. The zero-order valence-electron chi connectivity index (χ0n) is 11.8. The molecule has 1 amide bonds. The van der Waals surface area contributed by atoms with Crippen molar-refractivity contribution in [1.29, 1.82) is 0 Å². The molecule has 2 aromatic carbocycles.